The average Bonchev–Trinajstić information content (AvgIpc) is 3.16. The van der Waals surface area contributed by atoms with Gasteiger partial charge in [-0.3, -0.25) is 4.79 Å². The van der Waals surface area contributed by atoms with Gasteiger partial charge in [-0.1, -0.05) is 0 Å². The first-order valence-electron chi connectivity index (χ1n) is 11.5. The van der Waals surface area contributed by atoms with Gasteiger partial charge in [0.15, 0.2) is 17.5 Å². The number of hydrogen-bond donors (Lipinski definition) is 3. The number of carbonyl (C=O) groups is 1. The van der Waals surface area contributed by atoms with Gasteiger partial charge in [-0.15, -0.1) is 0 Å². The minimum Gasteiger partial charge on any atom is -0.481 e. The van der Waals surface area contributed by atoms with Crippen molar-refractivity contribution in [2.24, 2.45) is 23.2 Å². The lowest BCUT2D eigenvalue weighted by molar-refractivity contribution is -0.139. The molecular weight excluding hydrogens is 428 g/mol. The van der Waals surface area contributed by atoms with Crippen LogP contribution in [0.2, 0.25) is 0 Å². The Kier molecular flexibility index (Phi) is 4.64. The summed E-state index contributed by atoms with van der Waals surface area (Å²) in [5.41, 5.74) is 0.828. The van der Waals surface area contributed by atoms with Crippen LogP contribution in [0, 0.1) is 34.8 Å². The molecule has 7 nitrogen and oxygen atoms in total. The largest absolute Gasteiger partial charge is 0.481 e. The summed E-state index contributed by atoms with van der Waals surface area (Å²) < 4.78 is 28.6. The SMILES string of the molecule is O=C(O)CC(Nc1nc(-c2c[nH]c3ncc(F)cc23)ncc1F)C12CC3CC(CC(C3)C1)C2. The van der Waals surface area contributed by atoms with E-state index in [9.17, 15) is 18.7 Å². The molecular formula is C24H25F2N5O2. The summed E-state index contributed by atoms with van der Waals surface area (Å²) in [6.07, 6.45) is 10.4. The molecule has 0 amide bonds. The number of nitrogens with zero attached hydrogens (tertiary/aromatic N) is 3. The van der Waals surface area contributed by atoms with Gasteiger partial charge in [0.05, 0.1) is 18.8 Å². The number of aromatic nitrogens is 4. The lowest BCUT2D eigenvalue weighted by atomic mass is 9.47. The molecule has 4 aliphatic rings. The zero-order chi connectivity index (χ0) is 22.7. The topological polar surface area (TPSA) is 104 Å². The molecule has 0 spiro atoms. The van der Waals surface area contributed by atoms with Crippen LogP contribution >= 0.6 is 0 Å². The minimum atomic E-state index is -0.906. The Morgan fingerprint density at radius 3 is 2.52 bits per heavy atom. The molecule has 3 aromatic rings. The van der Waals surface area contributed by atoms with Crippen molar-refractivity contribution < 1.29 is 18.7 Å². The molecule has 0 saturated heterocycles. The molecule has 1 atom stereocenters. The lowest BCUT2D eigenvalue weighted by Crippen LogP contribution is -2.54. The Bertz CT molecular complexity index is 1210. The van der Waals surface area contributed by atoms with Crippen LogP contribution in [0.5, 0.6) is 0 Å². The number of aromatic amines is 1. The highest BCUT2D eigenvalue weighted by atomic mass is 19.1. The van der Waals surface area contributed by atoms with Crippen LogP contribution in [-0.2, 0) is 4.79 Å². The molecule has 7 rings (SSSR count). The van der Waals surface area contributed by atoms with Crippen molar-refractivity contribution in [2.45, 2.75) is 51.0 Å². The molecule has 0 aromatic carbocycles. The van der Waals surface area contributed by atoms with Gasteiger partial charge >= 0.3 is 5.97 Å². The second kappa shape index (κ2) is 7.46. The van der Waals surface area contributed by atoms with E-state index < -0.39 is 23.6 Å². The molecule has 3 heterocycles. The lowest BCUT2D eigenvalue weighted by Gasteiger charge is -2.59. The summed E-state index contributed by atoms with van der Waals surface area (Å²) in [6, 6.07) is 0.916. The molecule has 172 valence electrons. The van der Waals surface area contributed by atoms with Gasteiger partial charge in [0.1, 0.15) is 11.5 Å². The van der Waals surface area contributed by atoms with Gasteiger partial charge < -0.3 is 15.4 Å². The van der Waals surface area contributed by atoms with Crippen molar-refractivity contribution in [1.82, 2.24) is 19.9 Å². The van der Waals surface area contributed by atoms with E-state index in [2.05, 4.69) is 25.3 Å². The first-order valence-corrected chi connectivity index (χ1v) is 11.5. The Labute approximate surface area is 189 Å². The summed E-state index contributed by atoms with van der Waals surface area (Å²) in [7, 11) is 0. The van der Waals surface area contributed by atoms with Gasteiger partial charge in [-0.2, -0.15) is 0 Å². The molecule has 33 heavy (non-hydrogen) atoms. The first-order chi connectivity index (χ1) is 15.9. The number of carboxylic acids is 1. The second-order valence-corrected chi connectivity index (χ2v) is 10.2. The summed E-state index contributed by atoms with van der Waals surface area (Å²) >= 11 is 0. The standard InChI is InChI=1S/C24H25F2N5O2/c25-15-4-16-17(10-28-21(16)27-9-15)22-29-11-18(26)23(31-22)30-19(5-20(32)33)24-6-12-1-13(7-24)3-14(2-12)8-24/h4,9-14,19H,1-3,5-8H2,(H,27,28)(H,32,33)(H,29,30,31). The molecule has 9 heteroatoms. The maximum atomic E-state index is 14.8. The maximum absolute atomic E-state index is 14.8. The normalized spacial score (nSPS) is 28.8. The summed E-state index contributed by atoms with van der Waals surface area (Å²) in [5.74, 6) is 0.0698. The van der Waals surface area contributed by atoms with Crippen LogP contribution in [0.1, 0.15) is 44.9 Å². The number of hydrogen-bond acceptors (Lipinski definition) is 5. The Balaban J connectivity index is 1.36. The molecule has 4 saturated carbocycles. The van der Waals surface area contributed by atoms with Crippen molar-refractivity contribution in [1.29, 1.82) is 0 Å². The summed E-state index contributed by atoms with van der Waals surface area (Å²) in [4.78, 5) is 27.3. The Morgan fingerprint density at radius 1 is 1.15 bits per heavy atom. The predicted molar refractivity (Wildman–Crippen MR) is 117 cm³/mol. The van der Waals surface area contributed by atoms with E-state index in [4.69, 9.17) is 0 Å². The molecule has 0 radical (unpaired) electrons. The van der Waals surface area contributed by atoms with Crippen LogP contribution in [-0.4, -0.2) is 37.1 Å². The van der Waals surface area contributed by atoms with E-state index in [0.29, 0.717) is 34.4 Å². The zero-order valence-corrected chi connectivity index (χ0v) is 18.0. The van der Waals surface area contributed by atoms with Gasteiger partial charge in [0.25, 0.3) is 0 Å². The number of aliphatic carboxylic acids is 1. The third-order valence-corrected chi connectivity index (χ3v) is 8.00. The van der Waals surface area contributed by atoms with E-state index in [1.807, 2.05) is 0 Å². The van der Waals surface area contributed by atoms with Gasteiger partial charge in [-0.25, -0.2) is 23.7 Å². The number of H-pyrrole nitrogens is 1. The van der Waals surface area contributed by atoms with Crippen LogP contribution in [0.4, 0.5) is 14.6 Å². The molecule has 3 aromatic heterocycles. The number of rotatable bonds is 6. The zero-order valence-electron chi connectivity index (χ0n) is 18.0. The molecule has 4 fully saturated rings. The fraction of sp³-hybridized carbons (Fsp3) is 0.500. The highest BCUT2D eigenvalue weighted by Crippen LogP contribution is 2.62. The average molecular weight is 453 g/mol. The van der Waals surface area contributed by atoms with Crippen molar-refractivity contribution in [3.05, 3.63) is 36.3 Å². The highest BCUT2D eigenvalue weighted by Gasteiger charge is 2.54. The van der Waals surface area contributed by atoms with E-state index in [1.54, 1.807) is 6.20 Å². The number of anilines is 1. The second-order valence-electron chi connectivity index (χ2n) is 10.2. The minimum absolute atomic E-state index is 0.0132. The molecule has 3 N–H and O–H groups in total. The number of nitrogens with one attached hydrogen (secondary N) is 2. The number of halogens is 2. The van der Waals surface area contributed by atoms with Crippen molar-refractivity contribution in [2.75, 3.05) is 5.32 Å². The fourth-order valence-corrected chi connectivity index (χ4v) is 7.13. The van der Waals surface area contributed by atoms with Crippen LogP contribution in [0.25, 0.3) is 22.4 Å². The first kappa shape index (κ1) is 20.5. The van der Waals surface area contributed by atoms with Crippen molar-refractivity contribution >= 4 is 22.8 Å². The quantitative estimate of drug-likeness (QED) is 0.497. The van der Waals surface area contributed by atoms with Crippen molar-refractivity contribution in [3.63, 3.8) is 0 Å². The van der Waals surface area contributed by atoms with Crippen LogP contribution < -0.4 is 5.32 Å². The smallest absolute Gasteiger partial charge is 0.305 e. The number of carboxylic acid groups (broad SMARTS) is 1. The van der Waals surface area contributed by atoms with Gasteiger partial charge in [0, 0.05) is 23.2 Å². The molecule has 0 aliphatic heterocycles. The fourth-order valence-electron chi connectivity index (χ4n) is 7.13. The Morgan fingerprint density at radius 2 is 1.85 bits per heavy atom. The van der Waals surface area contributed by atoms with Crippen LogP contribution in [0.15, 0.2) is 24.7 Å². The predicted octanol–water partition coefficient (Wildman–Crippen LogP) is 4.77. The van der Waals surface area contributed by atoms with Crippen LogP contribution in [0.3, 0.4) is 0 Å². The molecule has 1 unspecified atom stereocenters. The summed E-state index contributed by atoms with van der Waals surface area (Å²) in [6.45, 7) is 0. The highest BCUT2D eigenvalue weighted by molar-refractivity contribution is 5.91. The molecule has 4 bridgehead atoms. The number of fused-ring (bicyclic) bond motifs is 1. The van der Waals surface area contributed by atoms with E-state index in [0.717, 1.165) is 31.7 Å². The number of pyridine rings is 1. The van der Waals surface area contributed by atoms with E-state index >= 15 is 0 Å². The summed E-state index contributed by atoms with van der Waals surface area (Å²) in [5, 5.41) is 13.4. The van der Waals surface area contributed by atoms with Crippen molar-refractivity contribution in [3.8, 4) is 11.4 Å². The van der Waals surface area contributed by atoms with Gasteiger partial charge in [0.2, 0.25) is 0 Å². The maximum Gasteiger partial charge on any atom is 0.305 e. The third kappa shape index (κ3) is 3.54. The third-order valence-electron chi connectivity index (χ3n) is 8.00. The van der Waals surface area contributed by atoms with E-state index in [1.165, 1.54) is 25.3 Å². The van der Waals surface area contributed by atoms with Gasteiger partial charge in [-0.05, 0) is 67.8 Å². The van der Waals surface area contributed by atoms with E-state index in [-0.39, 0.29) is 23.5 Å². The monoisotopic (exact) mass is 453 g/mol. The molecule has 4 aliphatic carbocycles. The Hall–Kier alpha value is -3.10.